The van der Waals surface area contributed by atoms with Gasteiger partial charge in [0.1, 0.15) is 5.60 Å². The van der Waals surface area contributed by atoms with E-state index in [-0.39, 0.29) is 5.60 Å². The van der Waals surface area contributed by atoms with Crippen molar-refractivity contribution in [2.75, 3.05) is 25.0 Å². The predicted octanol–water partition coefficient (Wildman–Crippen LogP) is 1.84. The summed E-state index contributed by atoms with van der Waals surface area (Å²) in [4.78, 5) is 9.32. The van der Waals surface area contributed by atoms with E-state index in [1.807, 2.05) is 20.8 Å². The molecule has 0 saturated carbocycles. The Kier molecular flexibility index (Phi) is 3.59. The molecule has 0 amide bonds. The Morgan fingerprint density at radius 1 is 1.31 bits per heavy atom. The number of nitrogens with zero attached hydrogens (tertiary/aromatic N) is 2. The summed E-state index contributed by atoms with van der Waals surface area (Å²) in [6, 6.07) is 3.52. The van der Waals surface area contributed by atoms with E-state index in [0.717, 1.165) is 0 Å². The van der Waals surface area contributed by atoms with Crippen molar-refractivity contribution in [2.45, 2.75) is 26.4 Å². The molecule has 0 aliphatic carbocycles. The smallest absolute Gasteiger partial charge is 0.239 e. The molecular formula is C11H19N3O2. The number of ether oxygens (including phenoxy) is 1. The van der Waals surface area contributed by atoms with Gasteiger partial charge in [-0.05, 0) is 32.9 Å². The summed E-state index contributed by atoms with van der Waals surface area (Å²) in [6.07, 6.45) is 0. The largest absolute Gasteiger partial charge is 0.470 e. The van der Waals surface area contributed by atoms with Crippen molar-refractivity contribution in [1.82, 2.24) is 4.98 Å². The SMILES string of the molecule is CON(C)c1ccc(N)c(OC(C)(C)C)n1. The quantitative estimate of drug-likeness (QED) is 0.795. The standard InChI is InChI=1S/C11H19N3O2/c1-11(2,3)16-10-8(12)6-7-9(13-10)14(4)15-5/h6-7H,12H2,1-5H3. The van der Waals surface area contributed by atoms with Crippen LogP contribution in [0.4, 0.5) is 11.5 Å². The molecule has 0 bridgehead atoms. The Labute approximate surface area is 96.1 Å². The zero-order valence-corrected chi connectivity index (χ0v) is 10.4. The number of nitrogens with two attached hydrogens (primary N) is 1. The molecule has 0 aliphatic heterocycles. The van der Waals surface area contributed by atoms with Crippen molar-refractivity contribution in [3.8, 4) is 5.88 Å². The Hall–Kier alpha value is -1.49. The fourth-order valence-corrected chi connectivity index (χ4v) is 1.08. The van der Waals surface area contributed by atoms with Crippen LogP contribution in [-0.2, 0) is 4.84 Å². The first-order chi connectivity index (χ1) is 7.33. The molecule has 1 aromatic rings. The Morgan fingerprint density at radius 2 is 1.94 bits per heavy atom. The van der Waals surface area contributed by atoms with Crippen LogP contribution in [0.25, 0.3) is 0 Å². The predicted molar refractivity (Wildman–Crippen MR) is 64.4 cm³/mol. The third-order valence-corrected chi connectivity index (χ3v) is 1.87. The highest BCUT2D eigenvalue weighted by Gasteiger charge is 2.16. The minimum Gasteiger partial charge on any atom is -0.470 e. The summed E-state index contributed by atoms with van der Waals surface area (Å²) in [6.45, 7) is 5.84. The first-order valence-corrected chi connectivity index (χ1v) is 5.07. The summed E-state index contributed by atoms with van der Waals surface area (Å²) < 4.78 is 5.65. The average Bonchev–Trinajstić information content (AvgIpc) is 2.18. The van der Waals surface area contributed by atoms with E-state index in [0.29, 0.717) is 17.4 Å². The molecular weight excluding hydrogens is 206 g/mol. The summed E-state index contributed by atoms with van der Waals surface area (Å²) in [5.74, 6) is 1.07. The number of nitrogen functional groups attached to an aromatic ring is 1. The molecule has 5 nitrogen and oxygen atoms in total. The third kappa shape index (κ3) is 3.27. The van der Waals surface area contributed by atoms with E-state index in [2.05, 4.69) is 4.98 Å². The molecule has 0 fully saturated rings. The lowest BCUT2D eigenvalue weighted by Crippen LogP contribution is -2.25. The fraction of sp³-hybridized carbons (Fsp3) is 0.545. The number of pyridine rings is 1. The van der Waals surface area contributed by atoms with Crippen molar-refractivity contribution in [3.05, 3.63) is 12.1 Å². The molecule has 0 aromatic carbocycles. The molecule has 90 valence electrons. The number of hydroxylamine groups is 1. The zero-order chi connectivity index (χ0) is 12.3. The zero-order valence-electron chi connectivity index (χ0n) is 10.4. The van der Waals surface area contributed by atoms with Crippen molar-refractivity contribution >= 4 is 11.5 Å². The van der Waals surface area contributed by atoms with Gasteiger partial charge in [0.15, 0.2) is 5.82 Å². The van der Waals surface area contributed by atoms with Crippen molar-refractivity contribution in [3.63, 3.8) is 0 Å². The summed E-state index contributed by atoms with van der Waals surface area (Å²) in [7, 11) is 3.34. The first-order valence-electron chi connectivity index (χ1n) is 5.07. The van der Waals surface area contributed by atoms with Crippen LogP contribution in [-0.4, -0.2) is 24.7 Å². The van der Waals surface area contributed by atoms with Gasteiger partial charge in [-0.2, -0.15) is 4.98 Å². The van der Waals surface area contributed by atoms with E-state index < -0.39 is 0 Å². The second-order valence-electron chi connectivity index (χ2n) is 4.46. The van der Waals surface area contributed by atoms with Crippen LogP contribution in [0.3, 0.4) is 0 Å². The van der Waals surface area contributed by atoms with Gasteiger partial charge in [0, 0.05) is 7.05 Å². The number of aromatic nitrogens is 1. The molecule has 2 N–H and O–H groups in total. The normalized spacial score (nSPS) is 11.3. The Bertz CT molecular complexity index is 361. The van der Waals surface area contributed by atoms with E-state index in [4.69, 9.17) is 15.3 Å². The van der Waals surface area contributed by atoms with Crippen LogP contribution in [0, 0.1) is 0 Å². The van der Waals surface area contributed by atoms with Crippen LogP contribution in [0.1, 0.15) is 20.8 Å². The van der Waals surface area contributed by atoms with Crippen LogP contribution in [0.15, 0.2) is 12.1 Å². The Balaban J connectivity index is 2.99. The average molecular weight is 225 g/mol. The molecule has 0 spiro atoms. The van der Waals surface area contributed by atoms with E-state index in [1.54, 1.807) is 26.3 Å². The first kappa shape index (κ1) is 12.6. The summed E-state index contributed by atoms with van der Waals surface area (Å²) in [5.41, 5.74) is 5.98. The van der Waals surface area contributed by atoms with Gasteiger partial charge in [-0.25, -0.2) is 5.06 Å². The summed E-state index contributed by atoms with van der Waals surface area (Å²) >= 11 is 0. The van der Waals surface area contributed by atoms with Crippen molar-refractivity contribution in [2.24, 2.45) is 0 Å². The maximum absolute atomic E-state index is 5.79. The number of hydrogen-bond acceptors (Lipinski definition) is 5. The van der Waals surface area contributed by atoms with Crippen molar-refractivity contribution < 1.29 is 9.57 Å². The van der Waals surface area contributed by atoms with Gasteiger partial charge in [-0.3, -0.25) is 4.84 Å². The van der Waals surface area contributed by atoms with Crippen LogP contribution in [0.5, 0.6) is 5.88 Å². The highest BCUT2D eigenvalue weighted by molar-refractivity contribution is 5.53. The number of hydrogen-bond donors (Lipinski definition) is 1. The minimum atomic E-state index is -0.328. The highest BCUT2D eigenvalue weighted by atomic mass is 16.7. The van der Waals surface area contributed by atoms with Crippen LogP contribution in [0.2, 0.25) is 0 Å². The maximum atomic E-state index is 5.79. The minimum absolute atomic E-state index is 0.328. The molecule has 0 saturated heterocycles. The van der Waals surface area contributed by atoms with E-state index in [9.17, 15) is 0 Å². The third-order valence-electron chi connectivity index (χ3n) is 1.87. The molecule has 1 rings (SSSR count). The second-order valence-corrected chi connectivity index (χ2v) is 4.46. The highest BCUT2D eigenvalue weighted by Crippen LogP contribution is 2.25. The van der Waals surface area contributed by atoms with Crippen LogP contribution >= 0.6 is 0 Å². The molecule has 0 unspecified atom stereocenters. The Morgan fingerprint density at radius 3 is 2.44 bits per heavy atom. The maximum Gasteiger partial charge on any atom is 0.239 e. The van der Waals surface area contributed by atoms with E-state index in [1.165, 1.54) is 5.06 Å². The van der Waals surface area contributed by atoms with Gasteiger partial charge in [0.25, 0.3) is 0 Å². The summed E-state index contributed by atoms with van der Waals surface area (Å²) in [5, 5.41) is 1.54. The molecule has 5 heteroatoms. The van der Waals surface area contributed by atoms with Gasteiger partial charge in [0.05, 0.1) is 12.8 Å². The number of anilines is 2. The second kappa shape index (κ2) is 4.57. The number of rotatable bonds is 3. The lowest BCUT2D eigenvalue weighted by atomic mass is 10.2. The molecule has 1 aromatic heterocycles. The van der Waals surface area contributed by atoms with Gasteiger partial charge in [-0.15, -0.1) is 0 Å². The van der Waals surface area contributed by atoms with Gasteiger partial charge in [-0.1, -0.05) is 0 Å². The lowest BCUT2D eigenvalue weighted by Gasteiger charge is -2.23. The molecule has 16 heavy (non-hydrogen) atoms. The molecule has 0 radical (unpaired) electrons. The van der Waals surface area contributed by atoms with Gasteiger partial charge >= 0.3 is 0 Å². The van der Waals surface area contributed by atoms with Gasteiger partial charge < -0.3 is 10.5 Å². The van der Waals surface area contributed by atoms with Crippen molar-refractivity contribution in [1.29, 1.82) is 0 Å². The topological polar surface area (TPSA) is 60.6 Å². The molecule has 0 aliphatic rings. The molecule has 1 heterocycles. The monoisotopic (exact) mass is 225 g/mol. The molecule has 0 atom stereocenters. The fourth-order valence-electron chi connectivity index (χ4n) is 1.08. The van der Waals surface area contributed by atoms with Crippen LogP contribution < -0.4 is 15.5 Å². The van der Waals surface area contributed by atoms with E-state index >= 15 is 0 Å². The lowest BCUT2D eigenvalue weighted by molar-refractivity contribution is 0.124. The van der Waals surface area contributed by atoms with Gasteiger partial charge in [0.2, 0.25) is 5.88 Å².